The van der Waals surface area contributed by atoms with Gasteiger partial charge in [-0.2, -0.15) is 0 Å². The zero-order chi connectivity index (χ0) is 22.0. The summed E-state index contributed by atoms with van der Waals surface area (Å²) in [4.78, 5) is 14.8. The molecule has 2 N–H and O–H groups in total. The topological polar surface area (TPSA) is 46.3 Å². The molecule has 0 radical (unpaired) electrons. The molecule has 1 aromatic rings. The predicted octanol–water partition coefficient (Wildman–Crippen LogP) is 5.05. The molecule has 30 heavy (non-hydrogen) atoms. The van der Waals surface area contributed by atoms with E-state index in [9.17, 15) is 4.79 Å². The quantitative estimate of drug-likeness (QED) is 0.279. The first-order valence-corrected chi connectivity index (χ1v) is 11.5. The van der Waals surface area contributed by atoms with Gasteiger partial charge in [0.15, 0.2) is 0 Å². The van der Waals surface area contributed by atoms with Crippen molar-refractivity contribution >= 4 is 16.3 Å². The Kier molecular flexibility index (Phi) is 14.5. The van der Waals surface area contributed by atoms with E-state index in [0.717, 1.165) is 36.9 Å². The van der Waals surface area contributed by atoms with Crippen molar-refractivity contribution in [3.05, 3.63) is 53.6 Å². The van der Waals surface area contributed by atoms with Gasteiger partial charge in [-0.15, -0.1) is 0 Å². The van der Waals surface area contributed by atoms with Gasteiger partial charge >= 0.3 is 159 Å². The van der Waals surface area contributed by atoms with Gasteiger partial charge in [0.05, 0.1) is 0 Å². The van der Waals surface area contributed by atoms with Gasteiger partial charge < -0.3 is 0 Å². The third-order valence-corrected chi connectivity index (χ3v) is 6.23. The predicted molar refractivity (Wildman–Crippen MR) is 121 cm³/mol. The molecule has 1 saturated carbocycles. The summed E-state index contributed by atoms with van der Waals surface area (Å²) in [5.41, 5.74) is 9.84. The molecule has 1 aliphatic heterocycles. The zero-order valence-corrected chi connectivity index (χ0v) is 24.7. The Labute approximate surface area is 216 Å². The van der Waals surface area contributed by atoms with Crippen LogP contribution in [-0.4, -0.2) is 23.2 Å². The van der Waals surface area contributed by atoms with Crippen molar-refractivity contribution < 1.29 is 52.9 Å². The molecule has 1 aliphatic carbocycles. The second-order valence-corrected chi connectivity index (χ2v) is 7.62. The van der Waals surface area contributed by atoms with Crippen molar-refractivity contribution in [3.63, 3.8) is 0 Å². The Morgan fingerprint density at radius 3 is 2.47 bits per heavy atom. The van der Waals surface area contributed by atoms with Gasteiger partial charge in [0, 0.05) is 31.1 Å². The molecule has 1 fully saturated rings. The number of carbonyl (C=O) groups excluding carboxylic acids is 1. The number of allylic oxidation sites excluding steroid dienone is 1. The van der Waals surface area contributed by atoms with E-state index in [0.29, 0.717) is 6.54 Å². The molecule has 163 valence electrons. The fraction of sp³-hybridized carbons (Fsp3) is 0.520. The summed E-state index contributed by atoms with van der Waals surface area (Å²) >= 11 is 2.26. The average molecular weight is 670 g/mol. The van der Waals surface area contributed by atoms with E-state index in [1.54, 1.807) is 6.08 Å². The van der Waals surface area contributed by atoms with Crippen molar-refractivity contribution in [2.45, 2.75) is 72.8 Å². The number of nitrogens with two attached hydrogens (primary N) is 1. The van der Waals surface area contributed by atoms with Crippen LogP contribution in [0.5, 0.6) is 0 Å². The van der Waals surface area contributed by atoms with Crippen LogP contribution in [0, 0.1) is 43.1 Å². The number of para-hydroxylation sites is 1. The molecule has 1 amide bonds. The van der Waals surface area contributed by atoms with Gasteiger partial charge in [-0.3, -0.25) is 0 Å². The summed E-state index contributed by atoms with van der Waals surface area (Å²) in [6.07, 6.45) is 6.94. The second kappa shape index (κ2) is 14.7. The van der Waals surface area contributed by atoms with Crippen LogP contribution in [0.3, 0.4) is 0 Å². The summed E-state index contributed by atoms with van der Waals surface area (Å²) in [7, 11) is 0. The Balaban J connectivity index is 0.00000159. The molecule has 0 bridgehead atoms. The molecule has 1 spiro atoms. The number of anilines is 1. The maximum atomic E-state index is 13.0. The third-order valence-electron chi connectivity index (χ3n) is 5.68. The summed E-state index contributed by atoms with van der Waals surface area (Å²) in [5.74, 6) is -0.141. The third kappa shape index (κ3) is 7.08. The van der Waals surface area contributed by atoms with Crippen LogP contribution < -0.4 is 10.6 Å². The molecule has 2 atom stereocenters. The number of benzene rings is 1. The van der Waals surface area contributed by atoms with Gasteiger partial charge in [-0.1, -0.05) is 27.7 Å². The van der Waals surface area contributed by atoms with Gasteiger partial charge in [-0.25, -0.2) is 0 Å². The smallest absolute Gasteiger partial charge is 0 e. The molecule has 0 aromatic heterocycles. The molecule has 3 rings (SSSR count). The first kappa shape index (κ1) is 29.6. The van der Waals surface area contributed by atoms with E-state index in [4.69, 9.17) is 12.3 Å². The van der Waals surface area contributed by atoms with Crippen molar-refractivity contribution in [1.29, 1.82) is 0 Å². The molecule has 5 heteroatoms. The first-order valence-electron chi connectivity index (χ1n) is 10.8. The minimum atomic E-state index is -0.141. The summed E-state index contributed by atoms with van der Waals surface area (Å²) in [6, 6.07) is 8.37. The zero-order valence-electron chi connectivity index (χ0n) is 19.2. The number of amides is 1. The monoisotopic (exact) mass is 669 g/mol. The van der Waals surface area contributed by atoms with Crippen LogP contribution in [0.1, 0.15) is 65.9 Å². The molecule has 2 unspecified atom stereocenters. The fourth-order valence-electron chi connectivity index (χ4n) is 4.24. The molecule has 1 heterocycles. The SMILES string of the molecule is CC.CC.[CH-]=C(/C=C(/C)[C-]=[V])C(=O)N1CCC2(CCCC2N)Cc2ccccc21.[U]. The number of nitrogens with zero attached hydrogens (tertiary/aromatic N) is 1. The largest absolute Gasteiger partial charge is 0 e. The molecular formula is C25H36N2OUV-2. The summed E-state index contributed by atoms with van der Waals surface area (Å²) in [5, 5.41) is 0. The Bertz CT molecular complexity index is 746. The second-order valence-electron chi connectivity index (χ2n) is 7.27. The summed E-state index contributed by atoms with van der Waals surface area (Å²) in [6.45, 7) is 16.6. The Hall–Kier alpha value is -0.364. The van der Waals surface area contributed by atoms with Crippen LogP contribution in [0.2, 0.25) is 0 Å². The normalized spacial score (nSPS) is 22.2. The van der Waals surface area contributed by atoms with Crippen LogP contribution in [0.4, 0.5) is 5.69 Å². The number of rotatable bonds is 3. The minimum Gasteiger partial charge on any atom is 0 e. The maximum Gasteiger partial charge on any atom is 0 e. The van der Waals surface area contributed by atoms with Crippen LogP contribution in [-0.2, 0) is 28.2 Å². The van der Waals surface area contributed by atoms with Crippen molar-refractivity contribution in [1.82, 2.24) is 0 Å². The average Bonchev–Trinajstić information content (AvgIpc) is 3.01. The number of hydrogen-bond donors (Lipinski definition) is 1. The number of hydrogen-bond acceptors (Lipinski definition) is 2. The Morgan fingerprint density at radius 1 is 1.27 bits per heavy atom. The van der Waals surface area contributed by atoms with E-state index in [2.05, 4.69) is 27.8 Å². The maximum absolute atomic E-state index is 13.0. The van der Waals surface area contributed by atoms with Crippen molar-refractivity contribution in [2.75, 3.05) is 11.4 Å². The van der Waals surface area contributed by atoms with E-state index < -0.39 is 0 Å². The van der Waals surface area contributed by atoms with E-state index in [1.165, 1.54) is 12.0 Å². The molecule has 0 saturated heterocycles. The van der Waals surface area contributed by atoms with E-state index in [-0.39, 0.29) is 54.1 Å². The molecule has 3 nitrogen and oxygen atoms in total. The van der Waals surface area contributed by atoms with E-state index >= 15 is 0 Å². The fourth-order valence-corrected chi connectivity index (χ4v) is 4.34. The van der Waals surface area contributed by atoms with E-state index in [1.807, 2.05) is 57.7 Å². The van der Waals surface area contributed by atoms with Gasteiger partial charge in [0.2, 0.25) is 0 Å². The van der Waals surface area contributed by atoms with Crippen LogP contribution >= 0.6 is 0 Å². The Morgan fingerprint density at radius 2 is 1.90 bits per heavy atom. The number of fused-ring (bicyclic) bond motifs is 1. The van der Waals surface area contributed by atoms with Crippen molar-refractivity contribution in [2.24, 2.45) is 11.1 Å². The summed E-state index contributed by atoms with van der Waals surface area (Å²) < 4.78 is 2.94. The van der Waals surface area contributed by atoms with Crippen molar-refractivity contribution in [3.8, 4) is 0 Å². The molecule has 1 aromatic carbocycles. The molecular weight excluding hydrogens is 633 g/mol. The first-order chi connectivity index (χ1) is 14.0. The minimum absolute atomic E-state index is 0. The van der Waals surface area contributed by atoms with Gasteiger partial charge in [-0.05, 0) is 0 Å². The van der Waals surface area contributed by atoms with Crippen LogP contribution in [0.25, 0.3) is 0 Å². The standard InChI is InChI=1S/C21H24N2O.2C2H6.U.V/c1-15(2)13-16(3)20(24)23-12-11-21(10-6-9-19(21)22)14-17-7-4-5-8-18(17)23;2*1-2;;/h3-5,7-8,13,19H,6,9-12,14,22H2,1H3;2*1-2H3;;/q-2;;;;/b15-13-;;;;. The van der Waals surface area contributed by atoms with Crippen LogP contribution in [0.15, 0.2) is 41.5 Å². The van der Waals surface area contributed by atoms with Gasteiger partial charge in [0.25, 0.3) is 0 Å². The molecule has 2 aliphatic rings. The number of carbonyl (C=O) groups is 1. The van der Waals surface area contributed by atoms with Gasteiger partial charge in [0.1, 0.15) is 0 Å².